The average Bonchev–Trinajstić information content (AvgIpc) is 2.58. The number of hydrogen-bond donors (Lipinski definition) is 1. The highest BCUT2D eigenvalue weighted by Crippen LogP contribution is 2.36. The van der Waals surface area contributed by atoms with Crippen LogP contribution in [0.3, 0.4) is 0 Å². The Balaban J connectivity index is 2.16. The molecule has 1 saturated heterocycles. The van der Waals surface area contributed by atoms with E-state index in [1.54, 1.807) is 0 Å². The van der Waals surface area contributed by atoms with Crippen LogP contribution in [0, 0.1) is 5.92 Å². The van der Waals surface area contributed by atoms with Crippen LogP contribution < -0.4 is 5.32 Å². The van der Waals surface area contributed by atoms with Crippen LogP contribution >= 0.6 is 0 Å². The highest BCUT2D eigenvalue weighted by Gasteiger charge is 2.52. The van der Waals surface area contributed by atoms with Gasteiger partial charge in [0.25, 0.3) is 5.91 Å². The van der Waals surface area contributed by atoms with Crippen LogP contribution in [0.5, 0.6) is 0 Å². The third-order valence-electron chi connectivity index (χ3n) is 4.61. The Hall–Kier alpha value is -1.06. The van der Waals surface area contributed by atoms with Gasteiger partial charge in [0.2, 0.25) is 0 Å². The third-order valence-corrected chi connectivity index (χ3v) is 4.61. The van der Waals surface area contributed by atoms with Crippen molar-refractivity contribution in [1.82, 2.24) is 10.2 Å². The minimum absolute atomic E-state index is 0.0527. The third kappa shape index (κ3) is 2.77. The Morgan fingerprint density at radius 3 is 2.42 bits per heavy atom. The number of nitrogens with one attached hydrogen (secondary N) is 1. The summed E-state index contributed by atoms with van der Waals surface area (Å²) in [7, 11) is 0. The van der Waals surface area contributed by atoms with Gasteiger partial charge in [-0.1, -0.05) is 46.0 Å². The minimum Gasteiger partial charge on any atom is -0.309 e. The fraction of sp³-hybridized carbons (Fsp3) is 0.867. The molecular weight excluding hydrogens is 240 g/mol. The fourth-order valence-electron chi connectivity index (χ4n) is 3.56. The number of imide groups is 1. The predicted octanol–water partition coefficient (Wildman–Crippen LogP) is 3.07. The van der Waals surface area contributed by atoms with Gasteiger partial charge >= 0.3 is 6.03 Å². The predicted molar refractivity (Wildman–Crippen MR) is 74.7 cm³/mol. The van der Waals surface area contributed by atoms with E-state index in [4.69, 9.17) is 0 Å². The Morgan fingerprint density at radius 2 is 1.84 bits per heavy atom. The molecule has 0 radical (unpaired) electrons. The van der Waals surface area contributed by atoms with E-state index in [-0.39, 0.29) is 11.9 Å². The molecule has 4 heteroatoms. The second kappa shape index (κ2) is 5.93. The van der Waals surface area contributed by atoms with Crippen molar-refractivity contribution in [1.29, 1.82) is 0 Å². The molecule has 2 aliphatic rings. The smallest absolute Gasteiger partial charge is 0.309 e. The van der Waals surface area contributed by atoms with Gasteiger partial charge in [0.05, 0.1) is 0 Å². The van der Waals surface area contributed by atoms with Crippen molar-refractivity contribution in [3.05, 3.63) is 0 Å². The maximum absolute atomic E-state index is 12.3. The number of carbonyl (C=O) groups is 2. The number of hydrogen-bond acceptors (Lipinski definition) is 2. The molecule has 0 bridgehead atoms. The lowest BCUT2D eigenvalue weighted by molar-refractivity contribution is -0.127. The largest absolute Gasteiger partial charge is 0.325 e. The van der Waals surface area contributed by atoms with Gasteiger partial charge in [-0.2, -0.15) is 0 Å². The zero-order valence-electron chi connectivity index (χ0n) is 12.2. The van der Waals surface area contributed by atoms with E-state index in [1.165, 1.54) is 12.8 Å². The van der Waals surface area contributed by atoms with Gasteiger partial charge in [-0.3, -0.25) is 10.1 Å². The summed E-state index contributed by atoms with van der Waals surface area (Å²) >= 11 is 0. The summed E-state index contributed by atoms with van der Waals surface area (Å²) in [5, 5.41) is 2.55. The molecule has 1 aliphatic carbocycles. The molecule has 1 N–H and O–H groups in total. The van der Waals surface area contributed by atoms with Crippen molar-refractivity contribution in [3.8, 4) is 0 Å². The first-order valence-electron chi connectivity index (χ1n) is 7.73. The Bertz CT molecular complexity index is 346. The van der Waals surface area contributed by atoms with Crippen molar-refractivity contribution >= 4 is 11.9 Å². The molecule has 1 saturated carbocycles. The van der Waals surface area contributed by atoms with E-state index >= 15 is 0 Å². The quantitative estimate of drug-likeness (QED) is 0.795. The highest BCUT2D eigenvalue weighted by molar-refractivity contribution is 6.07. The molecule has 19 heavy (non-hydrogen) atoms. The van der Waals surface area contributed by atoms with Crippen molar-refractivity contribution in [2.45, 2.75) is 70.8 Å². The highest BCUT2D eigenvalue weighted by atomic mass is 16.2. The maximum atomic E-state index is 12.3. The first-order valence-corrected chi connectivity index (χ1v) is 7.73. The summed E-state index contributed by atoms with van der Waals surface area (Å²) in [6.07, 6.45) is 8.38. The van der Waals surface area contributed by atoms with Gasteiger partial charge in [-0.25, -0.2) is 4.79 Å². The second-order valence-electron chi connectivity index (χ2n) is 6.21. The van der Waals surface area contributed by atoms with Gasteiger partial charge in [0, 0.05) is 6.54 Å². The number of rotatable bonds is 4. The number of carbonyl (C=O) groups excluding carboxylic acids is 2. The zero-order chi connectivity index (χ0) is 13.9. The summed E-state index contributed by atoms with van der Waals surface area (Å²) in [6, 6.07) is -0.171. The fourth-order valence-corrected chi connectivity index (χ4v) is 3.56. The molecule has 4 nitrogen and oxygen atoms in total. The van der Waals surface area contributed by atoms with Gasteiger partial charge in [-0.15, -0.1) is 0 Å². The molecule has 1 atom stereocenters. The summed E-state index contributed by atoms with van der Waals surface area (Å²) in [5.74, 6) is 0.407. The maximum Gasteiger partial charge on any atom is 0.325 e. The molecule has 3 amide bonds. The molecule has 1 aliphatic heterocycles. The molecule has 0 aromatic heterocycles. The van der Waals surface area contributed by atoms with E-state index in [2.05, 4.69) is 19.2 Å². The lowest BCUT2D eigenvalue weighted by Crippen LogP contribution is -2.50. The molecule has 2 rings (SSSR count). The second-order valence-corrected chi connectivity index (χ2v) is 6.21. The van der Waals surface area contributed by atoms with Crippen LogP contribution in [0.4, 0.5) is 4.79 Å². The first kappa shape index (κ1) is 14.4. The molecule has 108 valence electrons. The van der Waals surface area contributed by atoms with E-state index < -0.39 is 5.54 Å². The SMILES string of the molecule is CCCC(C)CN1C(=O)NC(=O)C12CCCCCC2. The molecule has 2 fully saturated rings. The van der Waals surface area contributed by atoms with Crippen molar-refractivity contribution in [2.24, 2.45) is 5.92 Å². The molecular formula is C15H26N2O2. The number of urea groups is 1. The van der Waals surface area contributed by atoms with Crippen LogP contribution in [0.2, 0.25) is 0 Å². The van der Waals surface area contributed by atoms with Crippen LogP contribution in [-0.2, 0) is 4.79 Å². The van der Waals surface area contributed by atoms with E-state index in [0.717, 1.165) is 38.5 Å². The van der Waals surface area contributed by atoms with Gasteiger partial charge in [-0.05, 0) is 25.2 Å². The Labute approximate surface area is 115 Å². The van der Waals surface area contributed by atoms with Crippen LogP contribution in [0.15, 0.2) is 0 Å². The van der Waals surface area contributed by atoms with E-state index in [1.807, 2.05) is 4.90 Å². The zero-order valence-corrected chi connectivity index (χ0v) is 12.2. The monoisotopic (exact) mass is 266 g/mol. The number of nitrogens with zero attached hydrogens (tertiary/aromatic N) is 1. The lowest BCUT2D eigenvalue weighted by atomic mass is 9.87. The van der Waals surface area contributed by atoms with Gasteiger partial charge in [0.1, 0.15) is 5.54 Å². The summed E-state index contributed by atoms with van der Waals surface area (Å²) in [5.41, 5.74) is -0.532. The first-order chi connectivity index (χ1) is 9.10. The molecule has 0 aromatic carbocycles. The molecule has 0 aromatic rings. The van der Waals surface area contributed by atoms with Crippen molar-refractivity contribution in [2.75, 3.05) is 6.54 Å². The normalized spacial score (nSPS) is 24.4. The summed E-state index contributed by atoms with van der Waals surface area (Å²) < 4.78 is 0. The molecule has 1 heterocycles. The Morgan fingerprint density at radius 1 is 1.21 bits per heavy atom. The molecule has 1 spiro atoms. The minimum atomic E-state index is -0.532. The Kier molecular flexibility index (Phi) is 4.48. The van der Waals surface area contributed by atoms with E-state index in [0.29, 0.717) is 12.5 Å². The van der Waals surface area contributed by atoms with Gasteiger partial charge < -0.3 is 4.90 Å². The van der Waals surface area contributed by atoms with Crippen LogP contribution in [-0.4, -0.2) is 28.9 Å². The van der Waals surface area contributed by atoms with Crippen molar-refractivity contribution < 1.29 is 9.59 Å². The van der Waals surface area contributed by atoms with E-state index in [9.17, 15) is 9.59 Å². The van der Waals surface area contributed by atoms with Crippen molar-refractivity contribution in [3.63, 3.8) is 0 Å². The van der Waals surface area contributed by atoms with Crippen LogP contribution in [0.1, 0.15) is 65.2 Å². The average molecular weight is 266 g/mol. The summed E-state index contributed by atoms with van der Waals surface area (Å²) in [4.78, 5) is 26.2. The number of amides is 3. The van der Waals surface area contributed by atoms with Gasteiger partial charge in [0.15, 0.2) is 0 Å². The molecule has 1 unspecified atom stereocenters. The topological polar surface area (TPSA) is 49.4 Å². The van der Waals surface area contributed by atoms with Crippen LogP contribution in [0.25, 0.3) is 0 Å². The summed E-state index contributed by atoms with van der Waals surface area (Å²) in [6.45, 7) is 5.04. The lowest BCUT2D eigenvalue weighted by Gasteiger charge is -2.36. The standard InChI is InChI=1S/C15H26N2O2/c1-3-8-12(2)11-17-14(19)16-13(18)15(17)9-6-4-5-7-10-15/h12H,3-11H2,1-2H3,(H,16,18,19).